The van der Waals surface area contributed by atoms with E-state index in [1.54, 1.807) is 7.11 Å². The number of rotatable bonds is 4. The highest BCUT2D eigenvalue weighted by molar-refractivity contribution is 5.76. The zero-order valence-electron chi connectivity index (χ0n) is 9.24. The molecule has 0 spiro atoms. The van der Waals surface area contributed by atoms with Crippen LogP contribution in [0, 0.1) is 11.3 Å². The fraction of sp³-hybridized carbons (Fsp3) is 0.909. The monoisotopic (exact) mass is 213 g/mol. The maximum atomic E-state index is 11.4. The van der Waals surface area contributed by atoms with Crippen LogP contribution in [0.5, 0.6) is 0 Å². The Labute approximate surface area is 90.2 Å². The number of likely N-dealkylation sites (tertiary alicyclic amines) is 1. The fourth-order valence-electron chi connectivity index (χ4n) is 3.13. The Hall–Kier alpha value is -0.610. The van der Waals surface area contributed by atoms with Crippen molar-refractivity contribution in [3.05, 3.63) is 0 Å². The van der Waals surface area contributed by atoms with E-state index in [2.05, 4.69) is 4.90 Å². The second-order valence-electron chi connectivity index (χ2n) is 4.78. The molecule has 0 aromatic rings. The van der Waals surface area contributed by atoms with Crippen molar-refractivity contribution in [2.24, 2.45) is 11.3 Å². The molecule has 4 heteroatoms. The van der Waals surface area contributed by atoms with Crippen LogP contribution >= 0.6 is 0 Å². The molecule has 0 aromatic heterocycles. The highest BCUT2D eigenvalue weighted by atomic mass is 16.5. The van der Waals surface area contributed by atoms with E-state index in [9.17, 15) is 9.90 Å². The Morgan fingerprint density at radius 2 is 2.47 bits per heavy atom. The summed E-state index contributed by atoms with van der Waals surface area (Å²) in [4.78, 5) is 13.6. The summed E-state index contributed by atoms with van der Waals surface area (Å²) in [5, 5.41) is 9.36. The molecule has 15 heavy (non-hydrogen) atoms. The van der Waals surface area contributed by atoms with E-state index >= 15 is 0 Å². The highest BCUT2D eigenvalue weighted by Gasteiger charge is 2.54. The molecule has 4 nitrogen and oxygen atoms in total. The van der Waals surface area contributed by atoms with Gasteiger partial charge in [-0.15, -0.1) is 0 Å². The van der Waals surface area contributed by atoms with Gasteiger partial charge in [0.2, 0.25) is 0 Å². The smallest absolute Gasteiger partial charge is 0.311 e. The molecule has 2 aliphatic rings. The summed E-state index contributed by atoms with van der Waals surface area (Å²) in [5.41, 5.74) is -0.437. The minimum atomic E-state index is -0.593. The van der Waals surface area contributed by atoms with Gasteiger partial charge in [-0.1, -0.05) is 6.42 Å². The molecule has 1 saturated carbocycles. The number of carbonyl (C=O) groups is 1. The van der Waals surface area contributed by atoms with Gasteiger partial charge < -0.3 is 9.84 Å². The van der Waals surface area contributed by atoms with Crippen LogP contribution in [0.15, 0.2) is 0 Å². The van der Waals surface area contributed by atoms with Crippen molar-refractivity contribution in [3.8, 4) is 0 Å². The van der Waals surface area contributed by atoms with E-state index in [-0.39, 0.29) is 0 Å². The normalized spacial score (nSPS) is 35.7. The molecule has 2 atom stereocenters. The van der Waals surface area contributed by atoms with Crippen LogP contribution in [0.4, 0.5) is 0 Å². The summed E-state index contributed by atoms with van der Waals surface area (Å²) in [7, 11) is 1.68. The van der Waals surface area contributed by atoms with Gasteiger partial charge in [0.25, 0.3) is 0 Å². The topological polar surface area (TPSA) is 49.8 Å². The van der Waals surface area contributed by atoms with Gasteiger partial charge in [-0.3, -0.25) is 9.69 Å². The van der Waals surface area contributed by atoms with Crippen molar-refractivity contribution in [1.29, 1.82) is 0 Å². The zero-order chi connectivity index (χ0) is 10.9. The number of ether oxygens (including phenoxy) is 1. The number of hydrogen-bond acceptors (Lipinski definition) is 3. The van der Waals surface area contributed by atoms with Gasteiger partial charge in [0.15, 0.2) is 0 Å². The van der Waals surface area contributed by atoms with Crippen LogP contribution in [0.3, 0.4) is 0 Å². The van der Waals surface area contributed by atoms with Crippen LogP contribution in [0.2, 0.25) is 0 Å². The summed E-state index contributed by atoms with van der Waals surface area (Å²) in [6, 6.07) is 0. The number of aliphatic carboxylic acids is 1. The molecule has 2 fully saturated rings. The number of hydrogen-bond donors (Lipinski definition) is 1. The van der Waals surface area contributed by atoms with Crippen LogP contribution in [-0.4, -0.2) is 49.3 Å². The predicted octanol–water partition coefficient (Wildman–Crippen LogP) is 0.820. The zero-order valence-corrected chi connectivity index (χ0v) is 9.24. The lowest BCUT2D eigenvalue weighted by atomic mass is 9.81. The molecule has 0 aromatic carbocycles. The molecule has 0 unspecified atom stereocenters. The van der Waals surface area contributed by atoms with Gasteiger partial charge in [-0.25, -0.2) is 0 Å². The molecule has 2 rings (SSSR count). The van der Waals surface area contributed by atoms with E-state index < -0.39 is 11.4 Å². The molecular formula is C11H19NO3. The predicted molar refractivity (Wildman–Crippen MR) is 55.7 cm³/mol. The second-order valence-corrected chi connectivity index (χ2v) is 4.78. The van der Waals surface area contributed by atoms with Gasteiger partial charge >= 0.3 is 5.97 Å². The number of methoxy groups -OCH3 is 1. The highest BCUT2D eigenvalue weighted by Crippen LogP contribution is 2.48. The van der Waals surface area contributed by atoms with Crippen molar-refractivity contribution in [2.75, 3.05) is 33.4 Å². The molecule has 0 bridgehead atoms. The average Bonchev–Trinajstić information content (AvgIpc) is 2.70. The molecule has 1 aliphatic carbocycles. The Bertz CT molecular complexity index is 256. The fourth-order valence-corrected chi connectivity index (χ4v) is 3.13. The van der Waals surface area contributed by atoms with E-state index in [1.807, 2.05) is 0 Å². The summed E-state index contributed by atoms with van der Waals surface area (Å²) >= 11 is 0. The summed E-state index contributed by atoms with van der Waals surface area (Å²) in [6.45, 7) is 3.22. The first-order valence-corrected chi connectivity index (χ1v) is 5.64. The summed E-state index contributed by atoms with van der Waals surface area (Å²) in [5.74, 6) is -0.225. The van der Waals surface area contributed by atoms with Crippen molar-refractivity contribution < 1.29 is 14.6 Å². The van der Waals surface area contributed by atoms with Crippen LogP contribution in [0.1, 0.15) is 19.3 Å². The molecule has 1 saturated heterocycles. The standard InChI is InChI=1S/C11H19NO3/c1-15-6-5-12-7-9-3-2-4-11(9,8-12)10(13)14/h9H,2-8H2,1H3,(H,13,14)/t9-,11+/m0/s1. The Morgan fingerprint density at radius 1 is 1.67 bits per heavy atom. The number of nitrogens with zero attached hydrogens (tertiary/aromatic N) is 1. The number of carboxylic acid groups (broad SMARTS) is 1. The van der Waals surface area contributed by atoms with Gasteiger partial charge in [0.05, 0.1) is 12.0 Å². The first-order chi connectivity index (χ1) is 7.19. The first kappa shape index (κ1) is 10.9. The average molecular weight is 213 g/mol. The van der Waals surface area contributed by atoms with Crippen molar-refractivity contribution in [3.63, 3.8) is 0 Å². The molecule has 1 N–H and O–H groups in total. The SMILES string of the molecule is COCCN1C[C@@H]2CCC[C@@]2(C(=O)O)C1. The van der Waals surface area contributed by atoms with Crippen LogP contribution in [-0.2, 0) is 9.53 Å². The molecule has 1 aliphatic heterocycles. The number of fused-ring (bicyclic) bond motifs is 1. The maximum Gasteiger partial charge on any atom is 0.311 e. The quantitative estimate of drug-likeness (QED) is 0.751. The van der Waals surface area contributed by atoms with Crippen molar-refractivity contribution in [2.45, 2.75) is 19.3 Å². The first-order valence-electron chi connectivity index (χ1n) is 5.64. The maximum absolute atomic E-state index is 11.4. The van der Waals surface area contributed by atoms with Crippen molar-refractivity contribution >= 4 is 5.97 Å². The Balaban J connectivity index is 2.01. The Morgan fingerprint density at radius 3 is 3.07 bits per heavy atom. The minimum absolute atomic E-state index is 0.367. The molecule has 0 radical (unpaired) electrons. The van der Waals surface area contributed by atoms with Crippen molar-refractivity contribution in [1.82, 2.24) is 4.90 Å². The number of carboxylic acids is 1. The minimum Gasteiger partial charge on any atom is -0.481 e. The van der Waals surface area contributed by atoms with Crippen LogP contribution in [0.25, 0.3) is 0 Å². The lowest BCUT2D eigenvalue weighted by Gasteiger charge is -2.23. The van der Waals surface area contributed by atoms with Gasteiger partial charge in [-0.05, 0) is 18.8 Å². The third kappa shape index (κ3) is 1.76. The summed E-state index contributed by atoms with van der Waals surface area (Å²) < 4.78 is 5.03. The van der Waals surface area contributed by atoms with E-state index in [0.29, 0.717) is 12.5 Å². The Kier molecular flexibility index (Phi) is 2.98. The molecule has 1 heterocycles. The van der Waals surface area contributed by atoms with Gasteiger partial charge in [-0.2, -0.15) is 0 Å². The van der Waals surface area contributed by atoms with Crippen LogP contribution < -0.4 is 0 Å². The van der Waals surface area contributed by atoms with E-state index in [0.717, 1.165) is 38.9 Å². The lowest BCUT2D eigenvalue weighted by Crippen LogP contribution is -2.36. The molecule has 0 amide bonds. The van der Waals surface area contributed by atoms with Gasteiger partial charge in [0.1, 0.15) is 0 Å². The molecule has 86 valence electrons. The third-order valence-corrected chi connectivity index (χ3v) is 3.98. The van der Waals surface area contributed by atoms with E-state index in [1.165, 1.54) is 0 Å². The lowest BCUT2D eigenvalue weighted by molar-refractivity contribution is -0.149. The van der Waals surface area contributed by atoms with Gasteiger partial charge in [0, 0.05) is 26.7 Å². The third-order valence-electron chi connectivity index (χ3n) is 3.98. The molecular weight excluding hydrogens is 194 g/mol. The van der Waals surface area contributed by atoms with E-state index in [4.69, 9.17) is 4.74 Å². The largest absolute Gasteiger partial charge is 0.481 e. The summed E-state index contributed by atoms with van der Waals surface area (Å²) in [6.07, 6.45) is 3.02. The second kappa shape index (κ2) is 4.10.